The largest absolute Gasteiger partial charge is 0.452 e. The molecule has 1 aliphatic rings. The van der Waals surface area contributed by atoms with Gasteiger partial charge in [-0.05, 0) is 50.3 Å². The van der Waals surface area contributed by atoms with Crippen LogP contribution in [-0.4, -0.2) is 30.6 Å². The first-order valence-electron chi connectivity index (χ1n) is 9.12. The van der Waals surface area contributed by atoms with Crippen LogP contribution in [0.2, 0.25) is 0 Å². The Morgan fingerprint density at radius 3 is 2.48 bits per heavy atom. The third kappa shape index (κ3) is 6.50. The molecular weight excluding hydrogens is 318 g/mol. The highest BCUT2D eigenvalue weighted by Gasteiger charge is 2.23. The molecule has 0 radical (unpaired) electrons. The van der Waals surface area contributed by atoms with Crippen molar-refractivity contribution < 1.29 is 19.1 Å². The minimum atomic E-state index is -0.483. The maximum Gasteiger partial charge on any atom is 0.338 e. The number of benzene rings is 1. The van der Waals surface area contributed by atoms with E-state index in [0.29, 0.717) is 18.1 Å². The van der Waals surface area contributed by atoms with Gasteiger partial charge in [-0.25, -0.2) is 4.79 Å². The van der Waals surface area contributed by atoms with E-state index in [2.05, 4.69) is 12.2 Å². The summed E-state index contributed by atoms with van der Waals surface area (Å²) in [7, 11) is 0. The van der Waals surface area contributed by atoms with Gasteiger partial charge < -0.3 is 14.8 Å². The molecule has 138 valence electrons. The van der Waals surface area contributed by atoms with Crippen molar-refractivity contribution in [1.82, 2.24) is 5.32 Å². The second-order valence-corrected chi connectivity index (χ2v) is 7.07. The van der Waals surface area contributed by atoms with Crippen molar-refractivity contribution in [2.24, 2.45) is 5.92 Å². The zero-order chi connectivity index (χ0) is 18.2. The molecule has 1 saturated carbocycles. The molecule has 0 heterocycles. The number of ether oxygens (including phenoxy) is 2. The lowest BCUT2D eigenvalue weighted by Crippen LogP contribution is -2.42. The smallest absolute Gasteiger partial charge is 0.338 e. The molecule has 5 heteroatoms. The predicted octanol–water partition coefficient (Wildman–Crippen LogP) is 3.46. The first-order valence-corrected chi connectivity index (χ1v) is 9.12. The highest BCUT2D eigenvalue weighted by Crippen LogP contribution is 2.23. The van der Waals surface area contributed by atoms with E-state index in [9.17, 15) is 9.59 Å². The Hall–Kier alpha value is -1.88. The highest BCUT2D eigenvalue weighted by molar-refractivity contribution is 5.91. The van der Waals surface area contributed by atoms with E-state index in [-0.39, 0.29) is 24.7 Å². The van der Waals surface area contributed by atoms with Crippen LogP contribution in [0.3, 0.4) is 0 Å². The van der Waals surface area contributed by atoms with E-state index in [4.69, 9.17) is 9.47 Å². The summed E-state index contributed by atoms with van der Waals surface area (Å²) < 4.78 is 10.6. The van der Waals surface area contributed by atoms with Gasteiger partial charge in [-0.2, -0.15) is 0 Å². The summed E-state index contributed by atoms with van der Waals surface area (Å²) in [5.41, 5.74) is 1.43. The standard InChI is InChI=1S/C20H29NO4/c1-14(2)24-12-16-8-10-17(11-9-16)20(23)25-13-19(22)21-18-7-5-4-6-15(18)3/h8-11,14-15,18H,4-7,12-13H2,1-3H3,(H,21,22)/t15-,18-/m0/s1. The van der Waals surface area contributed by atoms with Crippen molar-refractivity contribution >= 4 is 11.9 Å². The van der Waals surface area contributed by atoms with Crippen molar-refractivity contribution in [3.63, 3.8) is 0 Å². The van der Waals surface area contributed by atoms with E-state index in [1.165, 1.54) is 6.42 Å². The maximum absolute atomic E-state index is 12.0. The summed E-state index contributed by atoms with van der Waals surface area (Å²) in [6.07, 6.45) is 4.66. The molecule has 25 heavy (non-hydrogen) atoms. The van der Waals surface area contributed by atoms with Crippen LogP contribution in [0.25, 0.3) is 0 Å². The van der Waals surface area contributed by atoms with Crippen molar-refractivity contribution in [2.45, 2.75) is 65.2 Å². The van der Waals surface area contributed by atoms with Gasteiger partial charge in [-0.15, -0.1) is 0 Å². The van der Waals surface area contributed by atoms with Gasteiger partial charge in [0.1, 0.15) is 0 Å². The van der Waals surface area contributed by atoms with E-state index in [1.807, 2.05) is 26.0 Å². The minimum absolute atomic E-state index is 0.162. The number of carbonyl (C=O) groups is 2. The van der Waals surface area contributed by atoms with Crippen molar-refractivity contribution in [2.75, 3.05) is 6.61 Å². The lowest BCUT2D eigenvalue weighted by Gasteiger charge is -2.29. The third-order valence-corrected chi connectivity index (χ3v) is 4.57. The maximum atomic E-state index is 12.0. The average Bonchev–Trinajstić information content (AvgIpc) is 2.60. The van der Waals surface area contributed by atoms with Gasteiger partial charge in [0.15, 0.2) is 6.61 Å². The zero-order valence-corrected chi connectivity index (χ0v) is 15.4. The van der Waals surface area contributed by atoms with Crippen molar-refractivity contribution in [1.29, 1.82) is 0 Å². The fraction of sp³-hybridized carbons (Fsp3) is 0.600. The van der Waals surface area contributed by atoms with Gasteiger partial charge >= 0.3 is 5.97 Å². The molecule has 0 bridgehead atoms. The number of hydrogen-bond donors (Lipinski definition) is 1. The van der Waals surface area contributed by atoms with Gasteiger partial charge in [0.05, 0.1) is 18.3 Å². The van der Waals surface area contributed by atoms with Gasteiger partial charge in [0, 0.05) is 6.04 Å². The Morgan fingerprint density at radius 1 is 1.16 bits per heavy atom. The highest BCUT2D eigenvalue weighted by atomic mass is 16.5. The van der Waals surface area contributed by atoms with Crippen LogP contribution in [0, 0.1) is 5.92 Å². The zero-order valence-electron chi connectivity index (χ0n) is 15.4. The quantitative estimate of drug-likeness (QED) is 0.767. The van der Waals surface area contributed by atoms with E-state index >= 15 is 0 Å². The molecule has 1 fully saturated rings. The summed E-state index contributed by atoms with van der Waals surface area (Å²) in [6, 6.07) is 7.26. The van der Waals surface area contributed by atoms with Crippen LogP contribution < -0.4 is 5.32 Å². The summed E-state index contributed by atoms with van der Waals surface area (Å²) in [4.78, 5) is 24.0. The van der Waals surface area contributed by atoms with Crippen molar-refractivity contribution in [3.05, 3.63) is 35.4 Å². The second-order valence-electron chi connectivity index (χ2n) is 7.07. The molecule has 0 spiro atoms. The first kappa shape index (κ1) is 19.4. The Balaban J connectivity index is 1.76. The number of carbonyl (C=O) groups excluding carboxylic acids is 2. The van der Waals surface area contributed by atoms with E-state index in [0.717, 1.165) is 24.8 Å². The second kappa shape index (κ2) is 9.56. The molecule has 1 aromatic rings. The molecule has 1 aliphatic carbocycles. The normalized spacial score (nSPS) is 20.3. The molecule has 1 amide bonds. The number of hydrogen-bond acceptors (Lipinski definition) is 4. The topological polar surface area (TPSA) is 64.6 Å². The van der Waals surface area contributed by atoms with Gasteiger partial charge in [0.25, 0.3) is 5.91 Å². The van der Waals surface area contributed by atoms with Gasteiger partial charge in [0.2, 0.25) is 0 Å². The number of nitrogens with one attached hydrogen (secondary N) is 1. The molecule has 2 rings (SSSR count). The summed E-state index contributed by atoms with van der Waals surface area (Å²) >= 11 is 0. The van der Waals surface area contributed by atoms with Crippen LogP contribution in [-0.2, 0) is 20.9 Å². The number of amides is 1. The Morgan fingerprint density at radius 2 is 1.84 bits per heavy atom. The van der Waals surface area contributed by atoms with E-state index in [1.54, 1.807) is 12.1 Å². The molecule has 0 aliphatic heterocycles. The van der Waals surface area contributed by atoms with Gasteiger partial charge in [-0.1, -0.05) is 31.9 Å². The molecule has 0 saturated heterocycles. The lowest BCUT2D eigenvalue weighted by molar-refractivity contribution is -0.125. The third-order valence-electron chi connectivity index (χ3n) is 4.57. The Labute approximate surface area is 150 Å². The fourth-order valence-electron chi connectivity index (χ4n) is 2.99. The predicted molar refractivity (Wildman–Crippen MR) is 96.2 cm³/mol. The molecule has 2 atom stereocenters. The molecule has 1 N–H and O–H groups in total. The minimum Gasteiger partial charge on any atom is -0.452 e. The van der Waals surface area contributed by atoms with Gasteiger partial charge in [-0.3, -0.25) is 4.79 Å². The molecule has 1 aromatic carbocycles. The SMILES string of the molecule is CC(C)OCc1ccc(C(=O)OCC(=O)N[C@H]2CCCC[C@@H]2C)cc1. The van der Waals surface area contributed by atoms with Crippen LogP contribution in [0.15, 0.2) is 24.3 Å². The summed E-state index contributed by atoms with van der Waals surface area (Å²) in [5.74, 6) is -0.230. The molecule has 5 nitrogen and oxygen atoms in total. The van der Waals surface area contributed by atoms with Crippen molar-refractivity contribution in [3.8, 4) is 0 Å². The first-order chi connectivity index (χ1) is 12.0. The average molecular weight is 347 g/mol. The Bertz CT molecular complexity index is 568. The van der Waals surface area contributed by atoms with Crippen LogP contribution in [0.1, 0.15) is 62.4 Å². The lowest BCUT2D eigenvalue weighted by atomic mass is 9.86. The number of esters is 1. The number of rotatable bonds is 7. The van der Waals surface area contributed by atoms with Crippen LogP contribution in [0.4, 0.5) is 0 Å². The van der Waals surface area contributed by atoms with Crippen LogP contribution in [0.5, 0.6) is 0 Å². The molecular formula is C20H29NO4. The monoisotopic (exact) mass is 347 g/mol. The van der Waals surface area contributed by atoms with Crippen LogP contribution >= 0.6 is 0 Å². The summed E-state index contributed by atoms with van der Waals surface area (Å²) in [6.45, 7) is 6.38. The fourth-order valence-corrected chi connectivity index (χ4v) is 2.99. The molecule has 0 unspecified atom stereocenters. The Kier molecular flexibility index (Phi) is 7.44. The molecule has 0 aromatic heterocycles. The van der Waals surface area contributed by atoms with E-state index < -0.39 is 5.97 Å². The summed E-state index contributed by atoms with van der Waals surface area (Å²) in [5, 5.41) is 2.98.